The molecule has 2 aromatic rings. The lowest BCUT2D eigenvalue weighted by Gasteiger charge is -2.14. The van der Waals surface area contributed by atoms with Crippen molar-refractivity contribution < 1.29 is 9.90 Å². The second kappa shape index (κ2) is 5.28. The van der Waals surface area contributed by atoms with E-state index in [-0.39, 0.29) is 11.6 Å². The summed E-state index contributed by atoms with van der Waals surface area (Å²) < 4.78 is 1.83. The fraction of sp³-hybridized carbons (Fsp3) is 0.385. The number of hydrogen-bond acceptors (Lipinski definition) is 5. The van der Waals surface area contributed by atoms with Crippen LogP contribution in [-0.4, -0.2) is 30.8 Å². The van der Waals surface area contributed by atoms with Gasteiger partial charge < -0.3 is 10.4 Å². The van der Waals surface area contributed by atoms with Gasteiger partial charge in [-0.1, -0.05) is 0 Å². The van der Waals surface area contributed by atoms with E-state index in [0.29, 0.717) is 5.95 Å². The number of carbonyl (C=O) groups is 1. The molecule has 0 spiro atoms. The fourth-order valence-electron chi connectivity index (χ4n) is 2.20. The van der Waals surface area contributed by atoms with Crippen LogP contribution < -0.4 is 5.32 Å². The Bertz CT molecular complexity index is 633. The molecule has 0 aromatic carbocycles. The van der Waals surface area contributed by atoms with Crippen LogP contribution in [0, 0.1) is 13.8 Å². The van der Waals surface area contributed by atoms with Crippen LogP contribution in [-0.2, 0) is 7.05 Å². The molecule has 1 atom stereocenters. The van der Waals surface area contributed by atoms with Gasteiger partial charge in [-0.2, -0.15) is 5.10 Å². The first-order chi connectivity index (χ1) is 9.40. The number of rotatable bonds is 4. The van der Waals surface area contributed by atoms with Crippen LogP contribution in [0.1, 0.15) is 40.3 Å². The molecule has 7 heteroatoms. The van der Waals surface area contributed by atoms with Gasteiger partial charge in [0.15, 0.2) is 0 Å². The van der Waals surface area contributed by atoms with Gasteiger partial charge in [-0.05, 0) is 20.8 Å². The molecule has 1 unspecified atom stereocenters. The van der Waals surface area contributed by atoms with Crippen LogP contribution in [0.2, 0.25) is 0 Å². The van der Waals surface area contributed by atoms with Crippen molar-refractivity contribution in [3.8, 4) is 0 Å². The van der Waals surface area contributed by atoms with Gasteiger partial charge in [0.2, 0.25) is 5.95 Å². The van der Waals surface area contributed by atoms with Crippen molar-refractivity contribution in [2.75, 3.05) is 5.32 Å². The molecule has 7 nitrogen and oxygen atoms in total. The zero-order valence-corrected chi connectivity index (χ0v) is 11.9. The minimum atomic E-state index is -1.04. The highest BCUT2D eigenvalue weighted by molar-refractivity contribution is 5.86. The first-order valence-corrected chi connectivity index (χ1v) is 6.22. The van der Waals surface area contributed by atoms with E-state index in [1.807, 2.05) is 32.5 Å². The number of aromatic nitrogens is 4. The van der Waals surface area contributed by atoms with Gasteiger partial charge >= 0.3 is 5.97 Å². The first kappa shape index (κ1) is 14.0. The molecule has 0 saturated heterocycles. The molecule has 2 heterocycles. The Hall–Kier alpha value is -2.44. The monoisotopic (exact) mass is 275 g/mol. The Balaban J connectivity index is 2.19. The summed E-state index contributed by atoms with van der Waals surface area (Å²) in [5.41, 5.74) is 3.19. The molecular weight excluding hydrogens is 258 g/mol. The zero-order valence-electron chi connectivity index (χ0n) is 11.9. The van der Waals surface area contributed by atoms with E-state index in [1.165, 1.54) is 12.4 Å². The maximum atomic E-state index is 10.7. The molecule has 0 aliphatic heterocycles. The molecule has 0 fully saturated rings. The molecule has 2 N–H and O–H groups in total. The van der Waals surface area contributed by atoms with Gasteiger partial charge in [-0.25, -0.2) is 14.8 Å². The molecule has 0 saturated carbocycles. The Morgan fingerprint density at radius 2 is 1.95 bits per heavy atom. The molecule has 0 bridgehead atoms. The van der Waals surface area contributed by atoms with Gasteiger partial charge in [0.1, 0.15) is 0 Å². The van der Waals surface area contributed by atoms with E-state index in [0.717, 1.165) is 17.0 Å². The first-order valence-electron chi connectivity index (χ1n) is 6.22. The summed E-state index contributed by atoms with van der Waals surface area (Å²) >= 11 is 0. The van der Waals surface area contributed by atoms with Crippen LogP contribution >= 0.6 is 0 Å². The highest BCUT2D eigenvalue weighted by Crippen LogP contribution is 2.23. The van der Waals surface area contributed by atoms with E-state index < -0.39 is 5.97 Å². The van der Waals surface area contributed by atoms with Gasteiger partial charge in [0.05, 0.1) is 17.3 Å². The molecule has 20 heavy (non-hydrogen) atoms. The third-order valence-corrected chi connectivity index (χ3v) is 3.24. The molecule has 0 amide bonds. The Kier molecular flexibility index (Phi) is 3.69. The topological polar surface area (TPSA) is 92.9 Å². The third-order valence-electron chi connectivity index (χ3n) is 3.24. The lowest BCUT2D eigenvalue weighted by molar-refractivity contribution is 0.0696. The Morgan fingerprint density at radius 3 is 2.40 bits per heavy atom. The van der Waals surface area contributed by atoms with Crippen molar-refractivity contribution in [3.63, 3.8) is 0 Å². The highest BCUT2D eigenvalue weighted by atomic mass is 16.4. The van der Waals surface area contributed by atoms with Crippen LogP contribution in [0.3, 0.4) is 0 Å². The van der Waals surface area contributed by atoms with Crippen LogP contribution in [0.15, 0.2) is 12.4 Å². The fourth-order valence-corrected chi connectivity index (χ4v) is 2.20. The number of hydrogen-bond donors (Lipinski definition) is 2. The quantitative estimate of drug-likeness (QED) is 0.882. The minimum Gasteiger partial charge on any atom is -0.478 e. The number of carboxylic acid groups (broad SMARTS) is 1. The molecule has 0 aliphatic rings. The number of aromatic carboxylic acids is 1. The smallest absolute Gasteiger partial charge is 0.338 e. The number of nitrogens with zero attached hydrogens (tertiary/aromatic N) is 4. The summed E-state index contributed by atoms with van der Waals surface area (Å²) in [4.78, 5) is 18.7. The van der Waals surface area contributed by atoms with E-state index >= 15 is 0 Å². The predicted molar refractivity (Wildman–Crippen MR) is 73.7 cm³/mol. The molecule has 0 aliphatic carbocycles. The van der Waals surface area contributed by atoms with Crippen molar-refractivity contribution in [1.82, 2.24) is 19.7 Å². The number of anilines is 1. The number of carboxylic acids is 1. The normalized spacial score (nSPS) is 12.2. The average molecular weight is 275 g/mol. The van der Waals surface area contributed by atoms with Gasteiger partial charge in [-0.3, -0.25) is 4.68 Å². The SMILES string of the molecule is Cc1nn(C)c(C)c1C(C)Nc1ncc(C(=O)O)cn1. The second-order valence-electron chi connectivity index (χ2n) is 4.67. The summed E-state index contributed by atoms with van der Waals surface area (Å²) in [5.74, 6) is -0.645. The molecule has 2 aromatic heterocycles. The Morgan fingerprint density at radius 1 is 1.35 bits per heavy atom. The van der Waals surface area contributed by atoms with Crippen LogP contribution in [0.4, 0.5) is 5.95 Å². The van der Waals surface area contributed by atoms with Gasteiger partial charge in [-0.15, -0.1) is 0 Å². The van der Waals surface area contributed by atoms with Gasteiger partial charge in [0.25, 0.3) is 0 Å². The lowest BCUT2D eigenvalue weighted by Crippen LogP contribution is -2.12. The summed E-state index contributed by atoms with van der Waals surface area (Å²) in [6, 6.07) is -0.0145. The van der Waals surface area contributed by atoms with E-state index in [1.54, 1.807) is 0 Å². The van der Waals surface area contributed by atoms with Crippen LogP contribution in [0.5, 0.6) is 0 Å². The minimum absolute atomic E-state index is 0.0145. The van der Waals surface area contributed by atoms with E-state index in [2.05, 4.69) is 20.4 Å². The second-order valence-corrected chi connectivity index (χ2v) is 4.67. The maximum absolute atomic E-state index is 10.7. The van der Waals surface area contributed by atoms with Crippen molar-refractivity contribution in [2.45, 2.75) is 26.8 Å². The Labute approximate surface area is 116 Å². The standard InChI is InChI=1S/C13H17N5O2/c1-7(11-8(2)17-18(4)9(11)3)16-13-14-5-10(6-15-13)12(19)20/h5-7H,1-4H3,(H,19,20)(H,14,15,16). The molecular formula is C13H17N5O2. The summed E-state index contributed by atoms with van der Waals surface area (Å²) in [5, 5.41) is 16.3. The summed E-state index contributed by atoms with van der Waals surface area (Å²) in [7, 11) is 1.90. The van der Waals surface area contributed by atoms with E-state index in [9.17, 15) is 4.79 Å². The third kappa shape index (κ3) is 2.61. The van der Waals surface area contributed by atoms with Crippen molar-refractivity contribution >= 4 is 11.9 Å². The molecule has 106 valence electrons. The maximum Gasteiger partial charge on any atom is 0.338 e. The van der Waals surface area contributed by atoms with Crippen LogP contribution in [0.25, 0.3) is 0 Å². The molecule has 0 radical (unpaired) electrons. The number of aryl methyl sites for hydroxylation is 2. The number of nitrogens with one attached hydrogen (secondary N) is 1. The zero-order chi connectivity index (χ0) is 14.9. The van der Waals surface area contributed by atoms with Gasteiger partial charge in [0, 0.05) is 30.7 Å². The molecule has 2 rings (SSSR count). The van der Waals surface area contributed by atoms with Crippen molar-refractivity contribution in [3.05, 3.63) is 34.9 Å². The average Bonchev–Trinajstić information content (AvgIpc) is 2.63. The predicted octanol–water partition coefficient (Wildman–Crippen LogP) is 1.70. The lowest BCUT2D eigenvalue weighted by atomic mass is 10.1. The summed E-state index contributed by atoms with van der Waals surface area (Å²) in [6.45, 7) is 5.95. The van der Waals surface area contributed by atoms with Crippen molar-refractivity contribution in [2.24, 2.45) is 7.05 Å². The van der Waals surface area contributed by atoms with Crippen molar-refractivity contribution in [1.29, 1.82) is 0 Å². The highest BCUT2D eigenvalue weighted by Gasteiger charge is 2.17. The summed E-state index contributed by atoms with van der Waals surface area (Å²) in [6.07, 6.45) is 2.57. The van der Waals surface area contributed by atoms with E-state index in [4.69, 9.17) is 5.11 Å². The largest absolute Gasteiger partial charge is 0.478 e.